The molecule has 0 bridgehead atoms. The lowest BCUT2D eigenvalue weighted by Crippen LogP contribution is -2.46. The number of ether oxygens (including phenoxy) is 2. The molecule has 9 heteroatoms. The van der Waals surface area contributed by atoms with Crippen LogP contribution in [0.3, 0.4) is 0 Å². The van der Waals surface area contributed by atoms with Crippen molar-refractivity contribution in [1.82, 2.24) is 4.98 Å². The number of halogens is 2. The van der Waals surface area contributed by atoms with Gasteiger partial charge in [0, 0.05) is 11.1 Å². The third-order valence-corrected chi connectivity index (χ3v) is 3.98. The molecule has 0 saturated carbocycles. The number of nitrogens with zero attached hydrogens (tertiary/aromatic N) is 1. The molecule has 7 nitrogen and oxygen atoms in total. The Hall–Kier alpha value is -4.01. The third-order valence-electron chi connectivity index (χ3n) is 3.98. The van der Waals surface area contributed by atoms with Crippen molar-refractivity contribution in [3.63, 3.8) is 0 Å². The Kier molecular flexibility index (Phi) is 5.40. The minimum atomic E-state index is -0.976. The summed E-state index contributed by atoms with van der Waals surface area (Å²) in [6, 6.07) is 12.4. The summed E-state index contributed by atoms with van der Waals surface area (Å²) < 4.78 is 39.9. The quantitative estimate of drug-likeness (QED) is 0.372. The van der Waals surface area contributed by atoms with Crippen molar-refractivity contribution in [2.45, 2.75) is 6.92 Å². The summed E-state index contributed by atoms with van der Waals surface area (Å²) in [5.74, 6) is -2.65. The molecule has 1 aromatic heterocycles. The Morgan fingerprint density at radius 2 is 1.41 bits per heavy atom. The standard InChI is InChI=1S/C20H17F2N5O2/c1-10-15(21)19(28-13-6-2-4-11(8-13)17(23)24)27-20(16(10)22)29-14-7-3-5-12(9-14)18(25)26/h2-9H,1H3,(H3,23,24)(H3,25,26)/p+1. The molecule has 0 atom stereocenters. The van der Waals surface area contributed by atoms with Crippen LogP contribution >= 0.6 is 0 Å². The summed E-state index contributed by atoms with van der Waals surface area (Å²) in [4.78, 5) is 3.82. The van der Waals surface area contributed by atoms with Gasteiger partial charge in [-0.1, -0.05) is 18.2 Å². The molecule has 1 heterocycles. The number of nitrogens with one attached hydrogen (secondary N) is 1. The van der Waals surface area contributed by atoms with E-state index >= 15 is 0 Å². The first-order chi connectivity index (χ1) is 13.8. The van der Waals surface area contributed by atoms with Gasteiger partial charge in [0.05, 0.1) is 5.56 Å². The monoisotopic (exact) mass is 398 g/mol. The molecular formula is C20H18F2N5O2+. The number of nitrogens with two attached hydrogens (primary N) is 3. The second-order valence-corrected chi connectivity index (χ2v) is 6.10. The Bertz CT molecular complexity index is 1030. The molecule has 3 rings (SSSR count). The van der Waals surface area contributed by atoms with Gasteiger partial charge in [-0.2, -0.15) is 4.98 Å². The van der Waals surface area contributed by atoms with Crippen LogP contribution in [0.1, 0.15) is 16.7 Å². The molecule has 7 N–H and O–H groups in total. The highest BCUT2D eigenvalue weighted by Crippen LogP contribution is 2.33. The summed E-state index contributed by atoms with van der Waals surface area (Å²) in [6.45, 7) is 1.24. The number of nitrogen functional groups attached to an aromatic ring is 1. The average Bonchev–Trinajstić information content (AvgIpc) is 2.70. The van der Waals surface area contributed by atoms with Crippen LogP contribution in [0.2, 0.25) is 0 Å². The predicted molar refractivity (Wildman–Crippen MR) is 103 cm³/mol. The minimum Gasteiger partial charge on any atom is -0.436 e. The van der Waals surface area contributed by atoms with Crippen molar-refractivity contribution in [3.05, 3.63) is 76.9 Å². The van der Waals surface area contributed by atoms with E-state index in [4.69, 9.17) is 31.8 Å². The highest BCUT2D eigenvalue weighted by Gasteiger charge is 2.21. The average molecular weight is 398 g/mol. The normalized spacial score (nSPS) is 10.4. The van der Waals surface area contributed by atoms with E-state index in [0.29, 0.717) is 11.1 Å². The van der Waals surface area contributed by atoms with Crippen LogP contribution in [-0.2, 0) is 0 Å². The highest BCUT2D eigenvalue weighted by atomic mass is 19.1. The molecule has 0 aliphatic carbocycles. The number of hydrogen-bond donors (Lipinski definition) is 4. The number of rotatable bonds is 6. The van der Waals surface area contributed by atoms with E-state index in [2.05, 4.69) is 4.98 Å². The van der Waals surface area contributed by atoms with Gasteiger partial charge in [-0.05, 0) is 37.3 Å². The summed E-state index contributed by atoms with van der Waals surface area (Å²) in [6.07, 6.45) is 0. The molecular weight excluding hydrogens is 380 g/mol. The maximum Gasteiger partial charge on any atom is 0.270 e. The van der Waals surface area contributed by atoms with Crippen molar-refractivity contribution in [3.8, 4) is 23.3 Å². The fourth-order valence-electron chi connectivity index (χ4n) is 2.43. The first kappa shape index (κ1) is 19.7. The Labute approximate surface area is 164 Å². The molecule has 148 valence electrons. The van der Waals surface area contributed by atoms with Gasteiger partial charge in [-0.15, -0.1) is 0 Å². The number of amidine groups is 2. The van der Waals surface area contributed by atoms with Gasteiger partial charge >= 0.3 is 0 Å². The van der Waals surface area contributed by atoms with E-state index in [1.54, 1.807) is 30.3 Å². The summed E-state index contributed by atoms with van der Waals surface area (Å²) in [5.41, 5.74) is 11.5. The number of benzene rings is 2. The molecule has 0 aliphatic heterocycles. The molecule has 0 radical (unpaired) electrons. The van der Waals surface area contributed by atoms with Crippen LogP contribution in [0, 0.1) is 24.0 Å². The van der Waals surface area contributed by atoms with E-state index in [-0.39, 0.29) is 28.7 Å². The Morgan fingerprint density at radius 1 is 0.931 bits per heavy atom. The maximum absolute atomic E-state index is 14.5. The topological polar surface area (TPSA) is 133 Å². The Balaban J connectivity index is 1.97. The number of hydrogen-bond acceptors (Lipinski definition) is 4. The SMILES string of the molecule is Cc1c(F)c(Oc2cccc(C(=N)N)c2)nc(Oc2cccc(C(N)=[NH2+])c2)c1F. The van der Waals surface area contributed by atoms with Crippen molar-refractivity contribution < 1.29 is 23.7 Å². The first-order valence-electron chi connectivity index (χ1n) is 8.40. The number of pyridine rings is 1. The zero-order chi connectivity index (χ0) is 21.1. The summed E-state index contributed by atoms with van der Waals surface area (Å²) in [5, 5.41) is 13.0. The summed E-state index contributed by atoms with van der Waals surface area (Å²) in [7, 11) is 0. The minimum absolute atomic E-state index is 0.0635. The maximum atomic E-state index is 14.5. The van der Waals surface area contributed by atoms with Gasteiger partial charge < -0.3 is 15.2 Å². The van der Waals surface area contributed by atoms with Crippen LogP contribution in [0.25, 0.3) is 0 Å². The van der Waals surface area contributed by atoms with Gasteiger partial charge in [-0.25, -0.2) is 8.78 Å². The molecule has 2 aromatic carbocycles. The zero-order valence-corrected chi connectivity index (χ0v) is 15.4. The third kappa shape index (κ3) is 4.29. The largest absolute Gasteiger partial charge is 0.436 e. The van der Waals surface area contributed by atoms with E-state index in [0.717, 1.165) is 0 Å². The van der Waals surface area contributed by atoms with Gasteiger partial charge in [0.2, 0.25) is 0 Å². The van der Waals surface area contributed by atoms with E-state index in [1.165, 1.54) is 25.1 Å². The molecule has 0 amide bonds. The van der Waals surface area contributed by atoms with Crippen LogP contribution in [0.5, 0.6) is 23.3 Å². The lowest BCUT2D eigenvalue weighted by atomic mass is 10.2. The van der Waals surface area contributed by atoms with E-state index in [1.807, 2.05) is 0 Å². The fraction of sp³-hybridized carbons (Fsp3) is 0.0500. The van der Waals surface area contributed by atoms with Gasteiger partial charge in [0.1, 0.15) is 17.3 Å². The highest BCUT2D eigenvalue weighted by molar-refractivity contribution is 5.95. The van der Waals surface area contributed by atoms with Crippen molar-refractivity contribution in [2.75, 3.05) is 0 Å². The molecule has 29 heavy (non-hydrogen) atoms. The molecule has 0 aliphatic rings. The smallest absolute Gasteiger partial charge is 0.270 e. The van der Waals surface area contributed by atoms with Gasteiger partial charge in [0.15, 0.2) is 11.6 Å². The van der Waals surface area contributed by atoms with Crippen molar-refractivity contribution in [2.24, 2.45) is 11.5 Å². The second kappa shape index (κ2) is 7.93. The van der Waals surface area contributed by atoms with Crippen molar-refractivity contribution in [1.29, 1.82) is 5.41 Å². The van der Waals surface area contributed by atoms with Gasteiger partial charge in [0.25, 0.3) is 17.6 Å². The molecule has 3 aromatic rings. The molecule has 0 unspecified atom stereocenters. The molecule has 0 saturated heterocycles. The van der Waals surface area contributed by atoms with E-state index < -0.39 is 23.4 Å². The van der Waals surface area contributed by atoms with Crippen LogP contribution < -0.4 is 26.4 Å². The van der Waals surface area contributed by atoms with Crippen LogP contribution in [-0.4, -0.2) is 16.7 Å². The number of aromatic nitrogens is 1. The fourth-order valence-corrected chi connectivity index (χ4v) is 2.43. The zero-order valence-electron chi connectivity index (χ0n) is 15.4. The second-order valence-electron chi connectivity index (χ2n) is 6.10. The lowest BCUT2D eigenvalue weighted by molar-refractivity contribution is -0.114. The lowest BCUT2D eigenvalue weighted by Gasteiger charge is -2.13. The molecule has 0 spiro atoms. The summed E-state index contributed by atoms with van der Waals surface area (Å²) >= 11 is 0. The Morgan fingerprint density at radius 3 is 1.90 bits per heavy atom. The van der Waals surface area contributed by atoms with Crippen LogP contribution in [0.4, 0.5) is 8.78 Å². The van der Waals surface area contributed by atoms with Gasteiger partial charge in [-0.3, -0.25) is 16.6 Å². The molecule has 0 fully saturated rings. The van der Waals surface area contributed by atoms with Crippen molar-refractivity contribution >= 4 is 11.7 Å². The first-order valence-corrected chi connectivity index (χ1v) is 8.40. The predicted octanol–water partition coefficient (Wildman–Crippen LogP) is 2.00. The van der Waals surface area contributed by atoms with Crippen LogP contribution in [0.15, 0.2) is 48.5 Å². The van der Waals surface area contributed by atoms with E-state index in [9.17, 15) is 8.78 Å².